The van der Waals surface area contributed by atoms with Crippen molar-refractivity contribution in [2.75, 3.05) is 25.3 Å². The lowest BCUT2D eigenvalue weighted by Crippen LogP contribution is -2.15. The Morgan fingerprint density at radius 3 is 2.68 bits per heavy atom. The number of para-hydroxylation sites is 1. The molecule has 0 aliphatic rings. The van der Waals surface area contributed by atoms with E-state index in [1.54, 1.807) is 14.2 Å². The number of ether oxygens (including phenoxy) is 2. The maximum atomic E-state index is 12.9. The van der Waals surface area contributed by atoms with E-state index in [1.165, 1.54) is 11.8 Å². The van der Waals surface area contributed by atoms with Crippen molar-refractivity contribution in [1.29, 1.82) is 0 Å². The van der Waals surface area contributed by atoms with Crippen molar-refractivity contribution in [1.82, 2.24) is 19.7 Å². The first-order chi connectivity index (χ1) is 18.0. The molecule has 0 aliphatic heterocycles. The number of thioether (sulfide) groups is 1. The van der Waals surface area contributed by atoms with Gasteiger partial charge in [0.05, 0.1) is 25.7 Å². The smallest absolute Gasteiger partial charge is 0.234 e. The number of rotatable bonds is 8. The second-order valence-electron chi connectivity index (χ2n) is 8.51. The second kappa shape index (κ2) is 10.4. The molecule has 0 unspecified atom stereocenters. The number of nitrogens with zero attached hydrogens (tertiary/aromatic N) is 3. The Hall–Kier alpha value is -4.24. The minimum absolute atomic E-state index is 0.125. The van der Waals surface area contributed by atoms with Crippen LogP contribution in [0.25, 0.3) is 28.0 Å². The topological polar surface area (TPSA) is 94.1 Å². The van der Waals surface area contributed by atoms with Gasteiger partial charge in [-0.3, -0.25) is 9.36 Å². The second-order valence-corrected chi connectivity index (χ2v) is 9.45. The minimum atomic E-state index is -0.125. The standard InChI is InChI=1S/C28H27N5O3S/c1-17-8-7-11-22(18(17)2)30-26(34)16-37-28-32-31-27(21-15-29-23-10-6-5-9-20(21)23)33(28)24-14-19(35-3)12-13-25(24)36-4/h5-15,29H,16H2,1-4H3,(H,30,34). The Bertz CT molecular complexity index is 1590. The molecule has 188 valence electrons. The zero-order valence-corrected chi connectivity index (χ0v) is 21.8. The van der Waals surface area contributed by atoms with Gasteiger partial charge in [-0.05, 0) is 49.2 Å². The van der Waals surface area contributed by atoms with Crippen LogP contribution in [-0.2, 0) is 4.79 Å². The number of H-pyrrole nitrogens is 1. The van der Waals surface area contributed by atoms with Crippen LogP contribution in [0.3, 0.4) is 0 Å². The maximum absolute atomic E-state index is 12.9. The fraction of sp³-hybridized carbons (Fsp3) is 0.179. The summed E-state index contributed by atoms with van der Waals surface area (Å²) in [7, 11) is 3.23. The molecule has 9 heteroatoms. The van der Waals surface area contributed by atoms with Gasteiger partial charge in [0.25, 0.3) is 0 Å². The predicted molar refractivity (Wildman–Crippen MR) is 147 cm³/mol. The number of hydrogen-bond donors (Lipinski definition) is 2. The number of nitrogens with one attached hydrogen (secondary N) is 2. The van der Waals surface area contributed by atoms with Crippen molar-refractivity contribution >= 4 is 34.3 Å². The monoisotopic (exact) mass is 513 g/mol. The average molecular weight is 514 g/mol. The molecule has 0 spiro atoms. The molecule has 0 radical (unpaired) electrons. The summed E-state index contributed by atoms with van der Waals surface area (Å²) in [5.74, 6) is 1.95. The number of aromatic nitrogens is 4. The number of amides is 1. The highest BCUT2D eigenvalue weighted by Gasteiger charge is 2.22. The van der Waals surface area contributed by atoms with Gasteiger partial charge in [-0.15, -0.1) is 10.2 Å². The average Bonchev–Trinajstić information content (AvgIpc) is 3.53. The number of aromatic amines is 1. The number of hydrogen-bond acceptors (Lipinski definition) is 6. The third kappa shape index (κ3) is 4.77. The molecular weight excluding hydrogens is 486 g/mol. The van der Waals surface area contributed by atoms with Crippen molar-refractivity contribution in [2.24, 2.45) is 0 Å². The Morgan fingerprint density at radius 1 is 1.03 bits per heavy atom. The highest BCUT2D eigenvalue weighted by atomic mass is 32.2. The van der Waals surface area contributed by atoms with Gasteiger partial charge >= 0.3 is 0 Å². The molecule has 0 bridgehead atoms. The summed E-state index contributed by atoms with van der Waals surface area (Å²) in [6.07, 6.45) is 1.92. The molecule has 0 fully saturated rings. The number of aryl methyl sites for hydroxylation is 1. The Labute approximate surface area is 219 Å². The lowest BCUT2D eigenvalue weighted by Gasteiger charge is -2.15. The molecule has 2 N–H and O–H groups in total. The van der Waals surface area contributed by atoms with Crippen molar-refractivity contribution in [3.8, 4) is 28.6 Å². The first kappa shape index (κ1) is 24.5. The molecule has 5 rings (SSSR count). The lowest BCUT2D eigenvalue weighted by atomic mass is 10.1. The van der Waals surface area contributed by atoms with Crippen LogP contribution in [-0.4, -0.2) is 45.6 Å². The summed E-state index contributed by atoms with van der Waals surface area (Å²) in [4.78, 5) is 16.2. The summed E-state index contributed by atoms with van der Waals surface area (Å²) in [5, 5.41) is 13.6. The highest BCUT2D eigenvalue weighted by molar-refractivity contribution is 7.99. The van der Waals surface area contributed by atoms with E-state index in [4.69, 9.17) is 9.47 Å². The molecule has 0 atom stereocenters. The van der Waals surface area contributed by atoms with Gasteiger partial charge < -0.3 is 19.8 Å². The van der Waals surface area contributed by atoms with Crippen molar-refractivity contribution in [3.63, 3.8) is 0 Å². The first-order valence-corrected chi connectivity index (χ1v) is 12.7. The molecule has 37 heavy (non-hydrogen) atoms. The van der Waals surface area contributed by atoms with Crippen LogP contribution in [0.15, 0.2) is 72.0 Å². The van der Waals surface area contributed by atoms with Gasteiger partial charge in [0.1, 0.15) is 11.5 Å². The van der Waals surface area contributed by atoms with Crippen molar-refractivity contribution in [2.45, 2.75) is 19.0 Å². The van der Waals surface area contributed by atoms with E-state index in [9.17, 15) is 4.79 Å². The highest BCUT2D eigenvalue weighted by Crippen LogP contribution is 2.37. The zero-order chi connectivity index (χ0) is 25.9. The van der Waals surface area contributed by atoms with Gasteiger partial charge in [0, 0.05) is 34.4 Å². The van der Waals surface area contributed by atoms with Gasteiger partial charge in [-0.1, -0.05) is 42.1 Å². The Kier molecular flexibility index (Phi) is 6.87. The van der Waals surface area contributed by atoms with Crippen molar-refractivity contribution < 1.29 is 14.3 Å². The van der Waals surface area contributed by atoms with Gasteiger partial charge in [-0.2, -0.15) is 0 Å². The molecule has 0 aliphatic carbocycles. The normalized spacial score (nSPS) is 11.0. The quantitative estimate of drug-likeness (QED) is 0.256. The molecule has 2 aromatic heterocycles. The maximum Gasteiger partial charge on any atom is 0.234 e. The Balaban J connectivity index is 1.54. The summed E-state index contributed by atoms with van der Waals surface area (Å²) in [5.41, 5.74) is 5.57. The first-order valence-electron chi connectivity index (χ1n) is 11.7. The van der Waals surface area contributed by atoms with Crippen LogP contribution < -0.4 is 14.8 Å². The van der Waals surface area contributed by atoms with E-state index in [-0.39, 0.29) is 11.7 Å². The molecule has 0 saturated heterocycles. The van der Waals surface area contributed by atoms with Crippen LogP contribution in [0, 0.1) is 13.8 Å². The van der Waals surface area contributed by atoms with E-state index >= 15 is 0 Å². The predicted octanol–water partition coefficient (Wildman–Crippen LogP) is 5.78. The fourth-order valence-corrected chi connectivity index (χ4v) is 4.93. The van der Waals surface area contributed by atoms with Crippen LogP contribution in [0.1, 0.15) is 11.1 Å². The van der Waals surface area contributed by atoms with Crippen molar-refractivity contribution in [3.05, 3.63) is 78.0 Å². The zero-order valence-electron chi connectivity index (χ0n) is 21.0. The molecular formula is C28H27N5O3S. The Morgan fingerprint density at radius 2 is 1.86 bits per heavy atom. The van der Waals surface area contributed by atoms with E-state index in [1.807, 2.05) is 85.3 Å². The molecule has 1 amide bonds. The number of carbonyl (C=O) groups excluding carboxylic acids is 1. The van der Waals surface area contributed by atoms with Crippen LogP contribution in [0.2, 0.25) is 0 Å². The minimum Gasteiger partial charge on any atom is -0.497 e. The third-order valence-electron chi connectivity index (χ3n) is 6.30. The van der Waals surface area contributed by atoms with Crippen LogP contribution in [0.4, 0.5) is 5.69 Å². The third-order valence-corrected chi connectivity index (χ3v) is 7.23. The summed E-state index contributed by atoms with van der Waals surface area (Å²) in [6, 6.07) is 19.4. The number of carbonyl (C=O) groups is 1. The number of fused-ring (bicyclic) bond motifs is 1. The summed E-state index contributed by atoms with van der Waals surface area (Å²) >= 11 is 1.31. The lowest BCUT2D eigenvalue weighted by molar-refractivity contribution is -0.113. The van der Waals surface area contributed by atoms with Gasteiger partial charge in [0.15, 0.2) is 11.0 Å². The van der Waals surface area contributed by atoms with E-state index < -0.39 is 0 Å². The number of methoxy groups -OCH3 is 2. The van der Waals surface area contributed by atoms with E-state index in [0.29, 0.717) is 28.2 Å². The molecule has 3 aromatic carbocycles. The largest absolute Gasteiger partial charge is 0.497 e. The van der Waals surface area contributed by atoms with E-state index in [0.717, 1.165) is 33.3 Å². The SMILES string of the molecule is COc1ccc(OC)c(-n2c(SCC(=O)Nc3cccc(C)c3C)nnc2-c2c[nH]c3ccccc23)c1. The van der Waals surface area contributed by atoms with Crippen LogP contribution >= 0.6 is 11.8 Å². The van der Waals surface area contributed by atoms with Gasteiger partial charge in [0.2, 0.25) is 5.91 Å². The molecule has 0 saturated carbocycles. The number of benzene rings is 3. The summed E-state index contributed by atoms with van der Waals surface area (Å²) < 4.78 is 13.1. The summed E-state index contributed by atoms with van der Waals surface area (Å²) in [6.45, 7) is 4.02. The fourth-order valence-electron chi connectivity index (χ4n) is 4.19. The van der Waals surface area contributed by atoms with Crippen LogP contribution in [0.5, 0.6) is 11.5 Å². The molecule has 5 aromatic rings. The number of anilines is 1. The van der Waals surface area contributed by atoms with E-state index in [2.05, 4.69) is 20.5 Å². The van der Waals surface area contributed by atoms with Gasteiger partial charge in [-0.25, -0.2) is 0 Å². The molecule has 8 nitrogen and oxygen atoms in total. The molecule has 2 heterocycles.